The van der Waals surface area contributed by atoms with Crippen molar-refractivity contribution < 1.29 is 9.59 Å². The normalized spacial score (nSPS) is 15.5. The molecule has 0 fully saturated rings. The first-order chi connectivity index (χ1) is 7.20. The maximum Gasteiger partial charge on any atom is 0.221 e. The van der Waals surface area contributed by atoms with E-state index in [1.54, 1.807) is 0 Å². The smallest absolute Gasteiger partial charge is 0.221 e. The Morgan fingerprint density at radius 3 is 2.60 bits per heavy atom. The van der Waals surface area contributed by atoms with Gasteiger partial charge in [0.15, 0.2) is 5.78 Å². The van der Waals surface area contributed by atoms with Gasteiger partial charge in [-0.25, -0.2) is 0 Å². The third-order valence-corrected chi connectivity index (χ3v) is 2.88. The summed E-state index contributed by atoms with van der Waals surface area (Å²) in [4.78, 5) is 21.7. The molecular formula is C12H17ClO2. The summed E-state index contributed by atoms with van der Waals surface area (Å²) in [6, 6.07) is 0. The van der Waals surface area contributed by atoms with E-state index in [1.165, 1.54) is 0 Å². The van der Waals surface area contributed by atoms with Crippen LogP contribution in [0.3, 0.4) is 0 Å². The lowest BCUT2D eigenvalue weighted by molar-refractivity contribution is -0.115. The summed E-state index contributed by atoms with van der Waals surface area (Å²) in [5.41, 5.74) is 1.02. The van der Waals surface area contributed by atoms with E-state index in [0.717, 1.165) is 44.1 Å². The summed E-state index contributed by atoms with van der Waals surface area (Å²) in [6.45, 7) is 0. The molecule has 0 heterocycles. The lowest BCUT2D eigenvalue weighted by Gasteiger charge is -2.00. The predicted octanol–water partition coefficient (Wildman–Crippen LogP) is 3.38. The topological polar surface area (TPSA) is 34.1 Å². The number of ketones is 1. The lowest BCUT2D eigenvalue weighted by Crippen LogP contribution is -1.95. The molecule has 1 rings (SSSR count). The molecule has 84 valence electrons. The van der Waals surface area contributed by atoms with E-state index < -0.39 is 0 Å². The number of halogens is 1. The molecule has 0 aromatic heterocycles. The zero-order chi connectivity index (χ0) is 11.1. The van der Waals surface area contributed by atoms with Crippen LogP contribution in [-0.2, 0) is 9.59 Å². The highest BCUT2D eigenvalue weighted by Crippen LogP contribution is 2.20. The highest BCUT2D eigenvalue weighted by atomic mass is 35.5. The van der Waals surface area contributed by atoms with E-state index in [0.29, 0.717) is 18.6 Å². The fourth-order valence-electron chi connectivity index (χ4n) is 1.83. The SMILES string of the molecule is O=C(Cl)CCCCCCC1=CCCC1=O. The molecule has 1 aliphatic carbocycles. The quantitative estimate of drug-likeness (QED) is 0.495. The average Bonchev–Trinajstić information content (AvgIpc) is 2.57. The van der Waals surface area contributed by atoms with Crippen molar-refractivity contribution in [1.82, 2.24) is 0 Å². The van der Waals surface area contributed by atoms with Crippen molar-refractivity contribution in [2.45, 2.75) is 51.4 Å². The zero-order valence-corrected chi connectivity index (χ0v) is 9.68. The Morgan fingerprint density at radius 2 is 2.00 bits per heavy atom. The van der Waals surface area contributed by atoms with Gasteiger partial charge in [0.1, 0.15) is 0 Å². The maximum absolute atomic E-state index is 11.3. The number of Topliss-reactive ketones (excluding diaryl/α,β-unsaturated/α-hetero) is 1. The maximum atomic E-state index is 11.3. The van der Waals surface area contributed by atoms with Crippen molar-refractivity contribution in [3.8, 4) is 0 Å². The molecule has 0 spiro atoms. The number of allylic oxidation sites excluding steroid dienone is 2. The predicted molar refractivity (Wildman–Crippen MR) is 60.9 cm³/mol. The van der Waals surface area contributed by atoms with Crippen LogP contribution in [0.4, 0.5) is 0 Å². The summed E-state index contributed by atoms with van der Waals surface area (Å²) >= 11 is 5.22. The van der Waals surface area contributed by atoms with Gasteiger partial charge in [-0.15, -0.1) is 0 Å². The third kappa shape index (κ3) is 5.12. The van der Waals surface area contributed by atoms with E-state index in [4.69, 9.17) is 11.6 Å². The van der Waals surface area contributed by atoms with E-state index in [1.807, 2.05) is 0 Å². The van der Waals surface area contributed by atoms with Gasteiger partial charge < -0.3 is 0 Å². The number of carbonyl (C=O) groups excluding carboxylic acids is 2. The summed E-state index contributed by atoms with van der Waals surface area (Å²) < 4.78 is 0. The number of carbonyl (C=O) groups is 2. The van der Waals surface area contributed by atoms with Crippen LogP contribution in [0.25, 0.3) is 0 Å². The van der Waals surface area contributed by atoms with Crippen LogP contribution in [-0.4, -0.2) is 11.0 Å². The molecule has 0 saturated carbocycles. The molecule has 0 saturated heterocycles. The highest BCUT2D eigenvalue weighted by Gasteiger charge is 2.13. The van der Waals surface area contributed by atoms with E-state index in [9.17, 15) is 9.59 Å². The minimum Gasteiger partial charge on any atom is -0.295 e. The first-order valence-corrected chi connectivity index (χ1v) is 5.98. The van der Waals surface area contributed by atoms with Gasteiger partial charge in [-0.05, 0) is 42.9 Å². The summed E-state index contributed by atoms with van der Waals surface area (Å²) in [7, 11) is 0. The second-order valence-electron chi connectivity index (χ2n) is 3.96. The third-order valence-electron chi connectivity index (χ3n) is 2.69. The second-order valence-corrected chi connectivity index (χ2v) is 4.38. The monoisotopic (exact) mass is 228 g/mol. The number of rotatable bonds is 7. The molecule has 0 N–H and O–H groups in total. The molecule has 1 aliphatic rings. The van der Waals surface area contributed by atoms with Crippen LogP contribution in [0.15, 0.2) is 11.6 Å². The van der Waals surface area contributed by atoms with Crippen LogP contribution >= 0.6 is 11.6 Å². The summed E-state index contributed by atoms with van der Waals surface area (Å²) in [6.07, 6.45) is 9.10. The molecule has 0 bridgehead atoms. The first-order valence-electron chi connectivity index (χ1n) is 5.60. The van der Waals surface area contributed by atoms with Gasteiger partial charge in [0.2, 0.25) is 5.24 Å². The fourth-order valence-corrected chi connectivity index (χ4v) is 1.96. The number of hydrogen-bond acceptors (Lipinski definition) is 2. The van der Waals surface area contributed by atoms with Crippen molar-refractivity contribution in [1.29, 1.82) is 0 Å². The molecule has 0 atom stereocenters. The van der Waals surface area contributed by atoms with Crippen molar-refractivity contribution in [2.75, 3.05) is 0 Å². The Bertz CT molecular complexity index is 269. The van der Waals surface area contributed by atoms with E-state index >= 15 is 0 Å². The minimum absolute atomic E-state index is 0.247. The first kappa shape index (κ1) is 12.4. The Balaban J connectivity index is 1.97. The van der Waals surface area contributed by atoms with Crippen molar-refractivity contribution >= 4 is 22.6 Å². The molecule has 0 aromatic rings. The molecule has 0 aliphatic heterocycles. The number of hydrogen-bond donors (Lipinski definition) is 0. The van der Waals surface area contributed by atoms with Crippen LogP contribution in [0, 0.1) is 0 Å². The van der Waals surface area contributed by atoms with Crippen LogP contribution < -0.4 is 0 Å². The van der Waals surface area contributed by atoms with Gasteiger partial charge in [-0.2, -0.15) is 0 Å². The summed E-state index contributed by atoms with van der Waals surface area (Å²) in [5.74, 6) is 0.325. The van der Waals surface area contributed by atoms with Crippen molar-refractivity contribution in [3.63, 3.8) is 0 Å². The molecule has 15 heavy (non-hydrogen) atoms. The van der Waals surface area contributed by atoms with Gasteiger partial charge in [0.05, 0.1) is 0 Å². The Kier molecular flexibility index (Phi) is 5.62. The zero-order valence-electron chi connectivity index (χ0n) is 8.93. The molecule has 0 aromatic carbocycles. The average molecular weight is 229 g/mol. The van der Waals surface area contributed by atoms with Crippen LogP contribution in [0.5, 0.6) is 0 Å². The fraction of sp³-hybridized carbons (Fsp3) is 0.667. The molecule has 0 amide bonds. The second kappa shape index (κ2) is 6.78. The minimum atomic E-state index is -0.247. The van der Waals surface area contributed by atoms with E-state index in [-0.39, 0.29) is 5.24 Å². The standard InChI is InChI=1S/C12H17ClO2/c13-12(15)9-4-2-1-3-6-10-7-5-8-11(10)14/h7H,1-6,8-9H2. The van der Waals surface area contributed by atoms with Gasteiger partial charge >= 0.3 is 0 Å². The Labute approximate surface area is 95.7 Å². The number of unbranched alkanes of at least 4 members (excludes halogenated alkanes) is 3. The largest absolute Gasteiger partial charge is 0.295 e. The van der Waals surface area contributed by atoms with E-state index in [2.05, 4.69) is 6.08 Å². The van der Waals surface area contributed by atoms with Gasteiger partial charge in [0.25, 0.3) is 0 Å². The Hall–Kier alpha value is -0.630. The van der Waals surface area contributed by atoms with Crippen LogP contribution in [0.1, 0.15) is 51.4 Å². The lowest BCUT2D eigenvalue weighted by atomic mass is 10.0. The Morgan fingerprint density at radius 1 is 1.27 bits per heavy atom. The highest BCUT2D eigenvalue weighted by molar-refractivity contribution is 6.63. The van der Waals surface area contributed by atoms with Gasteiger partial charge in [-0.1, -0.05) is 18.9 Å². The van der Waals surface area contributed by atoms with Crippen LogP contribution in [0.2, 0.25) is 0 Å². The van der Waals surface area contributed by atoms with Crippen molar-refractivity contribution in [3.05, 3.63) is 11.6 Å². The van der Waals surface area contributed by atoms with Gasteiger partial charge in [0, 0.05) is 12.8 Å². The summed E-state index contributed by atoms with van der Waals surface area (Å²) in [5, 5.41) is -0.247. The molecule has 0 radical (unpaired) electrons. The molecule has 0 unspecified atom stereocenters. The van der Waals surface area contributed by atoms with Gasteiger partial charge in [-0.3, -0.25) is 9.59 Å². The molecule has 3 heteroatoms. The molecule has 2 nitrogen and oxygen atoms in total. The van der Waals surface area contributed by atoms with Crippen molar-refractivity contribution in [2.24, 2.45) is 0 Å². The molecular weight excluding hydrogens is 212 g/mol.